The van der Waals surface area contributed by atoms with Crippen molar-refractivity contribution in [1.82, 2.24) is 10.3 Å². The average molecular weight is 346 g/mol. The zero-order valence-corrected chi connectivity index (χ0v) is 12.6. The van der Waals surface area contributed by atoms with E-state index < -0.39 is 0 Å². The summed E-state index contributed by atoms with van der Waals surface area (Å²) in [5.41, 5.74) is 1.66. The van der Waals surface area contributed by atoms with E-state index in [9.17, 15) is 9.59 Å². The second-order valence-electron chi connectivity index (χ2n) is 4.59. The molecule has 2 heterocycles. The molecule has 1 N–H and O–H groups in total. The van der Waals surface area contributed by atoms with Crippen molar-refractivity contribution in [2.75, 3.05) is 18.0 Å². The van der Waals surface area contributed by atoms with E-state index >= 15 is 0 Å². The first-order valence-electron chi connectivity index (χ1n) is 6.47. The highest BCUT2D eigenvalue weighted by atomic mass is 79.9. The molecule has 0 fully saturated rings. The number of carbonyl (C=O) groups is 2. The van der Waals surface area contributed by atoms with Gasteiger partial charge in [0.1, 0.15) is 0 Å². The fourth-order valence-corrected chi connectivity index (χ4v) is 2.72. The molecular weight excluding hydrogens is 334 g/mol. The largest absolute Gasteiger partial charge is 0.350 e. The lowest BCUT2D eigenvalue weighted by Crippen LogP contribution is -2.35. The number of hydrogen-bond acceptors (Lipinski definition) is 3. The Bertz CT molecular complexity index is 718. The first-order valence-corrected chi connectivity index (χ1v) is 7.26. The second kappa shape index (κ2) is 5.65. The van der Waals surface area contributed by atoms with Gasteiger partial charge in [-0.15, -0.1) is 0 Å². The molecule has 1 aromatic heterocycles. The Hall–Kier alpha value is -2.21. The molecule has 2 amide bonds. The molecule has 106 valence electrons. The van der Waals surface area contributed by atoms with E-state index in [2.05, 4.69) is 26.2 Å². The third kappa shape index (κ3) is 2.54. The van der Waals surface area contributed by atoms with Gasteiger partial charge in [0.05, 0.1) is 16.8 Å². The third-order valence-electron chi connectivity index (χ3n) is 3.31. The van der Waals surface area contributed by atoms with Gasteiger partial charge in [0.2, 0.25) is 0 Å². The Morgan fingerprint density at radius 2 is 2.10 bits per heavy atom. The van der Waals surface area contributed by atoms with Gasteiger partial charge in [0.15, 0.2) is 0 Å². The molecule has 3 rings (SSSR count). The van der Waals surface area contributed by atoms with Gasteiger partial charge in [0.25, 0.3) is 11.8 Å². The molecule has 0 saturated heterocycles. The predicted molar refractivity (Wildman–Crippen MR) is 82.4 cm³/mol. The van der Waals surface area contributed by atoms with Crippen molar-refractivity contribution >= 4 is 33.4 Å². The van der Waals surface area contributed by atoms with Crippen LogP contribution >= 0.6 is 15.9 Å². The minimum absolute atomic E-state index is 0.158. The van der Waals surface area contributed by atoms with Crippen molar-refractivity contribution in [2.45, 2.75) is 0 Å². The Kier molecular flexibility index (Phi) is 3.70. The summed E-state index contributed by atoms with van der Waals surface area (Å²) < 4.78 is 0.635. The molecule has 0 atom stereocenters. The molecule has 2 aromatic rings. The molecule has 5 nitrogen and oxygen atoms in total. The summed E-state index contributed by atoms with van der Waals surface area (Å²) in [4.78, 5) is 30.4. The van der Waals surface area contributed by atoms with Crippen molar-refractivity contribution in [2.24, 2.45) is 0 Å². The predicted octanol–water partition coefficient (Wildman–Crippen LogP) is 2.23. The van der Waals surface area contributed by atoms with Crippen molar-refractivity contribution < 1.29 is 9.59 Å². The summed E-state index contributed by atoms with van der Waals surface area (Å²) in [6.07, 6.45) is 3.16. The number of rotatable bonds is 1. The Morgan fingerprint density at radius 1 is 1.29 bits per heavy atom. The summed E-state index contributed by atoms with van der Waals surface area (Å²) >= 11 is 3.34. The van der Waals surface area contributed by atoms with E-state index in [1.807, 2.05) is 6.07 Å². The van der Waals surface area contributed by atoms with Crippen LogP contribution in [0.5, 0.6) is 0 Å². The monoisotopic (exact) mass is 345 g/mol. The number of para-hydroxylation sites is 1. The van der Waals surface area contributed by atoms with E-state index in [0.29, 0.717) is 34.4 Å². The minimum Gasteiger partial charge on any atom is -0.350 e. The maximum Gasteiger partial charge on any atom is 0.259 e. The second-order valence-corrected chi connectivity index (χ2v) is 5.44. The van der Waals surface area contributed by atoms with Crippen molar-refractivity contribution in [3.63, 3.8) is 0 Å². The topological polar surface area (TPSA) is 62.3 Å². The van der Waals surface area contributed by atoms with Crippen LogP contribution in [0.4, 0.5) is 5.69 Å². The normalized spacial score (nSPS) is 14.1. The molecule has 1 aromatic carbocycles. The number of benzene rings is 1. The molecule has 1 aliphatic rings. The SMILES string of the molecule is O=C1NCCN(C(=O)c2ccncc2Br)c2ccccc21. The minimum atomic E-state index is -0.159. The van der Waals surface area contributed by atoms with Crippen LogP contribution in [0.2, 0.25) is 0 Å². The zero-order chi connectivity index (χ0) is 14.8. The quantitative estimate of drug-likeness (QED) is 0.861. The van der Waals surface area contributed by atoms with Crippen LogP contribution in [0.15, 0.2) is 47.2 Å². The molecule has 6 heteroatoms. The molecule has 0 spiro atoms. The number of nitrogens with one attached hydrogen (secondary N) is 1. The molecule has 0 unspecified atom stereocenters. The Balaban J connectivity index is 2.06. The van der Waals surface area contributed by atoms with E-state index in [0.717, 1.165) is 0 Å². The number of amides is 2. The number of carbonyl (C=O) groups excluding carboxylic acids is 2. The van der Waals surface area contributed by atoms with Crippen LogP contribution in [0.25, 0.3) is 0 Å². The summed E-state index contributed by atoms with van der Waals surface area (Å²) in [6.45, 7) is 0.846. The number of aromatic nitrogens is 1. The van der Waals surface area contributed by atoms with Crippen LogP contribution in [-0.2, 0) is 0 Å². The van der Waals surface area contributed by atoms with Crippen LogP contribution < -0.4 is 10.2 Å². The zero-order valence-electron chi connectivity index (χ0n) is 11.0. The van der Waals surface area contributed by atoms with Crippen LogP contribution in [0.3, 0.4) is 0 Å². The van der Waals surface area contributed by atoms with Crippen LogP contribution in [0, 0.1) is 0 Å². The van der Waals surface area contributed by atoms with Crippen molar-refractivity contribution in [1.29, 1.82) is 0 Å². The van der Waals surface area contributed by atoms with Crippen LogP contribution in [-0.4, -0.2) is 29.9 Å². The molecule has 1 aliphatic heterocycles. The number of anilines is 1. The highest BCUT2D eigenvalue weighted by Crippen LogP contribution is 2.25. The number of pyridine rings is 1. The maximum absolute atomic E-state index is 12.8. The van der Waals surface area contributed by atoms with Gasteiger partial charge >= 0.3 is 0 Å². The Labute approximate surface area is 130 Å². The lowest BCUT2D eigenvalue weighted by atomic mass is 10.1. The Morgan fingerprint density at radius 3 is 2.90 bits per heavy atom. The number of hydrogen-bond donors (Lipinski definition) is 1. The van der Waals surface area contributed by atoms with Gasteiger partial charge < -0.3 is 10.2 Å². The summed E-state index contributed by atoms with van der Waals surface area (Å²) in [5, 5.41) is 2.79. The van der Waals surface area contributed by atoms with Gasteiger partial charge in [-0.25, -0.2) is 0 Å². The molecule has 0 saturated carbocycles. The highest BCUT2D eigenvalue weighted by Gasteiger charge is 2.26. The first-order chi connectivity index (χ1) is 10.2. The van der Waals surface area contributed by atoms with Gasteiger partial charge in [-0.3, -0.25) is 14.6 Å². The lowest BCUT2D eigenvalue weighted by molar-refractivity contribution is 0.0953. The summed E-state index contributed by atoms with van der Waals surface area (Å²) in [6, 6.07) is 8.77. The lowest BCUT2D eigenvalue weighted by Gasteiger charge is -2.22. The summed E-state index contributed by atoms with van der Waals surface area (Å²) in [5.74, 6) is -0.317. The number of halogens is 1. The van der Waals surface area contributed by atoms with Crippen molar-refractivity contribution in [3.05, 3.63) is 58.3 Å². The number of nitrogens with zero attached hydrogens (tertiary/aromatic N) is 2. The molecule has 0 aliphatic carbocycles. The molecule has 0 radical (unpaired) electrons. The van der Waals surface area contributed by atoms with E-state index in [-0.39, 0.29) is 11.8 Å². The molecular formula is C15H12BrN3O2. The first kappa shape index (κ1) is 13.8. The average Bonchev–Trinajstić information content (AvgIpc) is 2.67. The van der Waals surface area contributed by atoms with Gasteiger partial charge in [-0.2, -0.15) is 0 Å². The standard InChI is InChI=1S/C15H12BrN3O2/c16-12-9-17-6-5-10(12)15(21)19-8-7-18-14(20)11-3-1-2-4-13(11)19/h1-6,9H,7-8H2,(H,18,20). The fraction of sp³-hybridized carbons (Fsp3) is 0.133. The van der Waals surface area contributed by atoms with E-state index in [1.165, 1.54) is 0 Å². The number of fused-ring (bicyclic) bond motifs is 1. The van der Waals surface area contributed by atoms with Crippen LogP contribution in [0.1, 0.15) is 20.7 Å². The van der Waals surface area contributed by atoms with Gasteiger partial charge in [0, 0.05) is 30.0 Å². The summed E-state index contributed by atoms with van der Waals surface area (Å²) in [7, 11) is 0. The third-order valence-corrected chi connectivity index (χ3v) is 3.94. The maximum atomic E-state index is 12.8. The van der Waals surface area contributed by atoms with Crippen molar-refractivity contribution in [3.8, 4) is 0 Å². The fourth-order valence-electron chi connectivity index (χ4n) is 2.30. The molecule has 21 heavy (non-hydrogen) atoms. The van der Waals surface area contributed by atoms with E-state index in [1.54, 1.807) is 41.6 Å². The highest BCUT2D eigenvalue weighted by molar-refractivity contribution is 9.10. The van der Waals surface area contributed by atoms with Gasteiger partial charge in [-0.1, -0.05) is 12.1 Å². The molecule has 0 bridgehead atoms. The van der Waals surface area contributed by atoms with Gasteiger partial charge in [-0.05, 0) is 34.1 Å². The smallest absolute Gasteiger partial charge is 0.259 e. The van der Waals surface area contributed by atoms with E-state index in [4.69, 9.17) is 0 Å².